The van der Waals surface area contributed by atoms with Crippen LogP contribution in [0.3, 0.4) is 0 Å². The van der Waals surface area contributed by atoms with Gasteiger partial charge in [0.2, 0.25) is 5.28 Å². The molecule has 0 aromatic carbocycles. The minimum Gasteiger partial charge on any atom is -0.569 e. The third kappa shape index (κ3) is 6.48. The van der Waals surface area contributed by atoms with Crippen molar-refractivity contribution in [1.29, 1.82) is 0 Å². The molecule has 0 aromatic heterocycles. The van der Waals surface area contributed by atoms with Gasteiger partial charge in [-0.2, -0.15) is 0 Å². The van der Waals surface area contributed by atoms with Crippen LogP contribution in [0.25, 0.3) is 0 Å². The van der Waals surface area contributed by atoms with Crippen LogP contribution in [-0.4, -0.2) is 53.3 Å². The fourth-order valence-electron chi connectivity index (χ4n) is 1.81. The maximum Gasteiger partial charge on any atom is 0.511 e. The predicted octanol–water partition coefficient (Wildman–Crippen LogP) is 1.41. The summed E-state index contributed by atoms with van der Waals surface area (Å²) in [6, 6.07) is 0. The van der Waals surface area contributed by atoms with Gasteiger partial charge in [0.15, 0.2) is 0 Å². The van der Waals surface area contributed by atoms with E-state index in [1.807, 2.05) is 0 Å². The van der Waals surface area contributed by atoms with E-state index in [9.17, 15) is 10.0 Å². The summed E-state index contributed by atoms with van der Waals surface area (Å²) in [4.78, 5) is 16.3. The molecule has 0 radical (unpaired) electrons. The minimum atomic E-state index is -1.03. The van der Waals surface area contributed by atoms with Crippen molar-refractivity contribution >= 4 is 6.16 Å². The van der Waals surface area contributed by atoms with E-state index in [1.54, 1.807) is 13.8 Å². The van der Waals surface area contributed by atoms with Gasteiger partial charge in [0.1, 0.15) is 0 Å². The Bertz CT molecular complexity index is 355. The van der Waals surface area contributed by atoms with E-state index in [2.05, 4.69) is 5.28 Å². The molecule has 0 aliphatic carbocycles. The molecule has 9 nitrogen and oxygen atoms in total. The van der Waals surface area contributed by atoms with Crippen LogP contribution >= 0.6 is 0 Å². The van der Waals surface area contributed by atoms with E-state index in [1.165, 1.54) is 11.9 Å². The molecular formula is C12H23N3O6. The van der Waals surface area contributed by atoms with Gasteiger partial charge in [0, 0.05) is 13.5 Å². The Hall–Kier alpha value is -1.77. The zero-order chi connectivity index (χ0) is 15.8. The van der Waals surface area contributed by atoms with Crippen LogP contribution in [0.5, 0.6) is 0 Å². The lowest BCUT2D eigenvalue weighted by Gasteiger charge is -2.26. The Balaban J connectivity index is 2.33. The molecule has 1 fully saturated rings. The lowest BCUT2D eigenvalue weighted by atomic mass is 9.99. The zero-order valence-corrected chi connectivity index (χ0v) is 12.6. The highest BCUT2D eigenvalue weighted by Crippen LogP contribution is 2.16. The van der Waals surface area contributed by atoms with Crippen LogP contribution in [0.15, 0.2) is 5.28 Å². The number of hydrogen-bond acceptors (Lipinski definition) is 7. The number of hydrazine groups is 1. The van der Waals surface area contributed by atoms with E-state index in [-0.39, 0.29) is 18.6 Å². The normalized spacial score (nSPS) is 18.5. The first kappa shape index (κ1) is 17.3. The summed E-state index contributed by atoms with van der Waals surface area (Å²) in [6.07, 6.45) is -0.767. The van der Waals surface area contributed by atoms with Crippen LogP contribution < -0.4 is 0 Å². The summed E-state index contributed by atoms with van der Waals surface area (Å²) in [7, 11) is 0. The maximum absolute atomic E-state index is 11.7. The van der Waals surface area contributed by atoms with Crippen molar-refractivity contribution < 1.29 is 29.2 Å². The molecule has 1 aliphatic heterocycles. The average molecular weight is 305 g/mol. The number of nitrogens with zero attached hydrogens (tertiary/aromatic N) is 3. The summed E-state index contributed by atoms with van der Waals surface area (Å²) in [5.74, 6) is 0.226. The van der Waals surface area contributed by atoms with Gasteiger partial charge in [-0.1, -0.05) is 0 Å². The number of hydrogen-bond donors (Lipinski definition) is 1. The van der Waals surface area contributed by atoms with Crippen LogP contribution in [0.1, 0.15) is 33.6 Å². The molecule has 1 aliphatic rings. The standard InChI is InChI=1S/C12H23N3O6/c1-9(2)19-12(17)20-10(3)21-13-15(18)14-6-4-11(8-16)5-7-14/h9-11,16H,4-8H2,1-3H3. The molecule has 0 saturated carbocycles. The summed E-state index contributed by atoms with van der Waals surface area (Å²) in [6.45, 7) is 5.91. The Morgan fingerprint density at radius 1 is 1.38 bits per heavy atom. The summed E-state index contributed by atoms with van der Waals surface area (Å²) < 4.78 is 9.50. The van der Waals surface area contributed by atoms with Crippen molar-refractivity contribution in [2.75, 3.05) is 19.7 Å². The Kier molecular flexibility index (Phi) is 7.00. The molecule has 21 heavy (non-hydrogen) atoms. The highest BCUT2D eigenvalue weighted by atomic mass is 16.8. The summed E-state index contributed by atoms with van der Waals surface area (Å²) in [5.41, 5.74) is 0. The molecule has 1 heterocycles. The lowest BCUT2D eigenvalue weighted by molar-refractivity contribution is -0.715. The van der Waals surface area contributed by atoms with E-state index >= 15 is 0 Å². The molecule has 1 saturated heterocycles. The quantitative estimate of drug-likeness (QED) is 0.260. The molecule has 1 unspecified atom stereocenters. The van der Waals surface area contributed by atoms with E-state index in [0.717, 1.165) is 12.8 Å². The van der Waals surface area contributed by atoms with Gasteiger partial charge in [0.25, 0.3) is 6.29 Å². The van der Waals surface area contributed by atoms with Crippen LogP contribution in [0.2, 0.25) is 0 Å². The molecule has 0 bridgehead atoms. The highest BCUT2D eigenvalue weighted by Gasteiger charge is 2.24. The first-order valence-electron chi connectivity index (χ1n) is 6.99. The van der Waals surface area contributed by atoms with E-state index in [0.29, 0.717) is 18.1 Å². The topological polar surface area (TPSA) is 107 Å². The Morgan fingerprint density at radius 2 is 2.00 bits per heavy atom. The van der Waals surface area contributed by atoms with Gasteiger partial charge < -0.3 is 19.8 Å². The highest BCUT2D eigenvalue weighted by molar-refractivity contribution is 5.60. The summed E-state index contributed by atoms with van der Waals surface area (Å²) in [5, 5.41) is 25.5. The minimum absolute atomic E-state index is 0.128. The van der Waals surface area contributed by atoms with Crippen LogP contribution in [0.4, 0.5) is 4.79 Å². The fourth-order valence-corrected chi connectivity index (χ4v) is 1.81. The third-order valence-corrected chi connectivity index (χ3v) is 2.95. The maximum atomic E-state index is 11.7. The second-order valence-corrected chi connectivity index (χ2v) is 5.12. The van der Waals surface area contributed by atoms with Gasteiger partial charge in [-0.3, -0.25) is 4.84 Å². The molecule has 1 rings (SSSR count). The monoisotopic (exact) mass is 305 g/mol. The lowest BCUT2D eigenvalue weighted by Crippen LogP contribution is -2.39. The number of aliphatic hydroxyl groups excluding tert-OH is 1. The van der Waals surface area contributed by atoms with Crippen LogP contribution in [-0.2, 0) is 14.3 Å². The number of carbonyl (C=O) groups is 1. The molecule has 0 amide bonds. The number of rotatable bonds is 6. The van der Waals surface area contributed by atoms with Crippen molar-refractivity contribution in [3.63, 3.8) is 0 Å². The van der Waals surface area contributed by atoms with Crippen molar-refractivity contribution in [3.05, 3.63) is 5.21 Å². The first-order chi connectivity index (χ1) is 9.92. The average Bonchev–Trinajstić information content (AvgIpc) is 2.43. The first-order valence-corrected chi connectivity index (χ1v) is 6.99. The van der Waals surface area contributed by atoms with Crippen molar-refractivity contribution in [2.45, 2.75) is 46.0 Å². The van der Waals surface area contributed by atoms with Crippen LogP contribution in [0, 0.1) is 11.1 Å². The van der Waals surface area contributed by atoms with E-state index in [4.69, 9.17) is 19.4 Å². The van der Waals surface area contributed by atoms with E-state index < -0.39 is 12.4 Å². The molecule has 1 N–H and O–H groups in total. The molecule has 1 atom stereocenters. The van der Waals surface area contributed by atoms with Gasteiger partial charge in [0.05, 0.1) is 24.2 Å². The SMILES string of the molecule is CC(C)OC(=O)OC(C)ON=[N+]([O-])N1CCC(CO)CC1. The van der Waals surface area contributed by atoms with Gasteiger partial charge in [-0.15, -0.1) is 5.01 Å². The number of aliphatic hydroxyl groups is 1. The van der Waals surface area contributed by atoms with Crippen molar-refractivity contribution in [1.82, 2.24) is 5.01 Å². The molecule has 0 aromatic rings. The second-order valence-electron chi connectivity index (χ2n) is 5.12. The second kappa shape index (κ2) is 8.50. The molecule has 122 valence electrons. The summed E-state index contributed by atoms with van der Waals surface area (Å²) >= 11 is 0. The predicted molar refractivity (Wildman–Crippen MR) is 70.7 cm³/mol. The largest absolute Gasteiger partial charge is 0.569 e. The van der Waals surface area contributed by atoms with Crippen molar-refractivity contribution in [2.24, 2.45) is 11.2 Å². The van der Waals surface area contributed by atoms with Crippen molar-refractivity contribution in [3.8, 4) is 0 Å². The molecular weight excluding hydrogens is 282 g/mol. The zero-order valence-electron chi connectivity index (χ0n) is 12.6. The number of carbonyl (C=O) groups excluding carboxylic acids is 1. The third-order valence-electron chi connectivity index (χ3n) is 2.95. The Labute approximate surface area is 123 Å². The Morgan fingerprint density at radius 3 is 2.52 bits per heavy atom. The van der Waals surface area contributed by atoms with Gasteiger partial charge >= 0.3 is 6.16 Å². The smallest absolute Gasteiger partial charge is 0.511 e. The molecule has 0 spiro atoms. The number of piperidine rings is 1. The fraction of sp³-hybridized carbons (Fsp3) is 0.917. The van der Waals surface area contributed by atoms with Gasteiger partial charge in [-0.25, -0.2) is 4.79 Å². The number of ether oxygens (including phenoxy) is 2. The van der Waals surface area contributed by atoms with Gasteiger partial charge in [-0.05, 0) is 32.6 Å². The molecule has 9 heteroatoms.